The van der Waals surface area contributed by atoms with E-state index < -0.39 is 0 Å². The zero-order chi connectivity index (χ0) is 13.7. The van der Waals surface area contributed by atoms with E-state index in [0.29, 0.717) is 18.9 Å². The monoisotopic (exact) mass is 260 g/mol. The molecule has 1 aromatic carbocycles. The normalized spacial score (nSPS) is 10.2. The molecule has 0 unspecified atom stereocenters. The number of urea groups is 1. The average Bonchev–Trinajstić information content (AvgIpc) is 2.91. The van der Waals surface area contributed by atoms with Gasteiger partial charge in [-0.15, -0.1) is 0 Å². The van der Waals surface area contributed by atoms with Gasteiger partial charge in [-0.05, 0) is 17.7 Å². The molecule has 0 saturated carbocycles. The van der Waals surface area contributed by atoms with Gasteiger partial charge in [0, 0.05) is 19.3 Å². The number of H-pyrrole nitrogens is 1. The molecule has 0 radical (unpaired) electrons. The first-order chi connectivity index (χ1) is 9.19. The van der Waals surface area contributed by atoms with Crippen LogP contribution in [0.2, 0.25) is 0 Å². The number of nitrogens with two attached hydrogens (primary N) is 1. The Hall–Kier alpha value is -2.41. The van der Waals surface area contributed by atoms with Crippen molar-refractivity contribution in [3.63, 3.8) is 0 Å². The van der Waals surface area contributed by atoms with E-state index >= 15 is 0 Å². The molecule has 0 saturated heterocycles. The third kappa shape index (κ3) is 3.52. The quantitative estimate of drug-likeness (QED) is 0.761. The molecule has 0 spiro atoms. The van der Waals surface area contributed by atoms with Gasteiger partial charge >= 0.3 is 6.03 Å². The van der Waals surface area contributed by atoms with Crippen LogP contribution in [0.15, 0.2) is 30.6 Å². The number of rotatable bonds is 4. The highest BCUT2D eigenvalue weighted by Crippen LogP contribution is 2.11. The van der Waals surface area contributed by atoms with Gasteiger partial charge in [-0.1, -0.05) is 12.1 Å². The Morgan fingerprint density at radius 2 is 2.37 bits per heavy atom. The standard InChI is InChI=1S/C12H16N6O/c1-18(7-11-14-8-15-17-11)12(19)16-10-4-2-3-9(5-10)6-13/h2-5,8H,6-7,13H2,1H3,(H,16,19)(H,14,15,17). The highest BCUT2D eigenvalue weighted by atomic mass is 16.2. The van der Waals surface area contributed by atoms with Crippen molar-refractivity contribution in [2.45, 2.75) is 13.1 Å². The van der Waals surface area contributed by atoms with Gasteiger partial charge in [-0.3, -0.25) is 5.10 Å². The van der Waals surface area contributed by atoms with Gasteiger partial charge < -0.3 is 16.0 Å². The second-order valence-electron chi connectivity index (χ2n) is 4.12. The van der Waals surface area contributed by atoms with Crippen molar-refractivity contribution >= 4 is 11.7 Å². The Bertz CT molecular complexity index is 539. The molecule has 4 N–H and O–H groups in total. The number of hydrogen-bond donors (Lipinski definition) is 3. The highest BCUT2D eigenvalue weighted by Gasteiger charge is 2.10. The fraction of sp³-hybridized carbons (Fsp3) is 0.250. The Morgan fingerprint density at radius 1 is 1.53 bits per heavy atom. The van der Waals surface area contributed by atoms with E-state index in [0.717, 1.165) is 11.3 Å². The Morgan fingerprint density at radius 3 is 3.05 bits per heavy atom. The lowest BCUT2D eigenvalue weighted by molar-refractivity contribution is 0.219. The van der Waals surface area contributed by atoms with E-state index in [1.54, 1.807) is 7.05 Å². The summed E-state index contributed by atoms with van der Waals surface area (Å²) in [5, 5.41) is 9.24. The fourth-order valence-electron chi connectivity index (χ4n) is 1.60. The minimum atomic E-state index is -0.217. The van der Waals surface area contributed by atoms with Gasteiger partial charge in [0.25, 0.3) is 0 Å². The predicted molar refractivity (Wildman–Crippen MR) is 71.2 cm³/mol. The molecule has 0 aliphatic rings. The molecule has 2 aromatic rings. The van der Waals surface area contributed by atoms with Gasteiger partial charge in [0.05, 0.1) is 6.54 Å². The minimum absolute atomic E-state index is 0.217. The summed E-state index contributed by atoms with van der Waals surface area (Å²) >= 11 is 0. The fourth-order valence-corrected chi connectivity index (χ4v) is 1.60. The van der Waals surface area contributed by atoms with Crippen molar-refractivity contribution in [1.82, 2.24) is 20.1 Å². The van der Waals surface area contributed by atoms with Crippen molar-refractivity contribution in [3.05, 3.63) is 42.0 Å². The van der Waals surface area contributed by atoms with Gasteiger partial charge in [-0.2, -0.15) is 5.10 Å². The molecule has 0 fully saturated rings. The molecule has 1 heterocycles. The van der Waals surface area contributed by atoms with Gasteiger partial charge in [-0.25, -0.2) is 9.78 Å². The number of nitrogens with one attached hydrogen (secondary N) is 2. The van der Waals surface area contributed by atoms with Crippen LogP contribution < -0.4 is 11.1 Å². The summed E-state index contributed by atoms with van der Waals surface area (Å²) in [4.78, 5) is 17.4. The van der Waals surface area contributed by atoms with Crippen molar-refractivity contribution in [3.8, 4) is 0 Å². The van der Waals surface area contributed by atoms with Crippen molar-refractivity contribution in [2.75, 3.05) is 12.4 Å². The molecule has 1 aromatic heterocycles. The van der Waals surface area contributed by atoms with Gasteiger partial charge in [0.15, 0.2) is 0 Å². The number of anilines is 1. The number of aromatic nitrogens is 3. The van der Waals surface area contributed by atoms with Crippen LogP contribution in [-0.2, 0) is 13.1 Å². The first-order valence-electron chi connectivity index (χ1n) is 5.84. The maximum absolute atomic E-state index is 12.0. The van der Waals surface area contributed by atoms with Crippen LogP contribution in [0, 0.1) is 0 Å². The molecule has 0 aliphatic heterocycles. The topological polar surface area (TPSA) is 99.9 Å². The van der Waals surface area contributed by atoms with Crippen LogP contribution in [0.1, 0.15) is 11.4 Å². The lowest BCUT2D eigenvalue weighted by Gasteiger charge is -2.16. The molecule has 100 valence electrons. The predicted octanol–water partition coefficient (Wildman–Crippen LogP) is 0.927. The van der Waals surface area contributed by atoms with Crippen LogP contribution in [0.25, 0.3) is 0 Å². The molecule has 7 nitrogen and oxygen atoms in total. The molecule has 0 aliphatic carbocycles. The second-order valence-corrected chi connectivity index (χ2v) is 4.12. The number of nitrogens with zero attached hydrogens (tertiary/aromatic N) is 3. The van der Waals surface area contributed by atoms with E-state index in [-0.39, 0.29) is 6.03 Å². The molecular formula is C12H16N6O. The third-order valence-electron chi connectivity index (χ3n) is 2.61. The van der Waals surface area contributed by atoms with Crippen LogP contribution in [0.3, 0.4) is 0 Å². The number of amides is 2. The summed E-state index contributed by atoms with van der Waals surface area (Å²) < 4.78 is 0. The van der Waals surface area contributed by atoms with Crippen LogP contribution in [-0.4, -0.2) is 33.2 Å². The Labute approximate surface area is 110 Å². The number of hydrogen-bond acceptors (Lipinski definition) is 4. The number of aromatic amines is 1. The number of benzene rings is 1. The average molecular weight is 260 g/mol. The first kappa shape index (κ1) is 13.0. The van der Waals surface area contributed by atoms with Crippen LogP contribution >= 0.6 is 0 Å². The lowest BCUT2D eigenvalue weighted by atomic mass is 10.2. The number of carbonyl (C=O) groups is 1. The van der Waals surface area contributed by atoms with Crippen LogP contribution in [0.4, 0.5) is 10.5 Å². The minimum Gasteiger partial charge on any atom is -0.326 e. The zero-order valence-electron chi connectivity index (χ0n) is 10.6. The van der Waals surface area contributed by atoms with Crippen molar-refractivity contribution in [2.24, 2.45) is 5.73 Å². The van der Waals surface area contributed by atoms with Crippen LogP contribution in [0.5, 0.6) is 0 Å². The smallest absolute Gasteiger partial charge is 0.321 e. The van der Waals surface area contributed by atoms with E-state index in [4.69, 9.17) is 5.73 Å². The van der Waals surface area contributed by atoms with Crippen molar-refractivity contribution < 1.29 is 4.79 Å². The molecule has 0 atom stereocenters. The second kappa shape index (κ2) is 5.96. The molecule has 0 bridgehead atoms. The Balaban J connectivity index is 1.96. The molecule has 7 heteroatoms. The summed E-state index contributed by atoms with van der Waals surface area (Å²) in [7, 11) is 1.69. The molecular weight excluding hydrogens is 244 g/mol. The zero-order valence-corrected chi connectivity index (χ0v) is 10.6. The molecule has 2 amide bonds. The summed E-state index contributed by atoms with van der Waals surface area (Å²) in [5.41, 5.74) is 7.25. The van der Waals surface area contributed by atoms with Gasteiger partial charge in [0.2, 0.25) is 0 Å². The van der Waals surface area contributed by atoms with E-state index in [2.05, 4.69) is 20.5 Å². The maximum Gasteiger partial charge on any atom is 0.321 e. The highest BCUT2D eigenvalue weighted by molar-refractivity contribution is 5.89. The maximum atomic E-state index is 12.0. The molecule has 2 rings (SSSR count). The summed E-state index contributed by atoms with van der Waals surface area (Å²) in [6.07, 6.45) is 1.41. The largest absolute Gasteiger partial charge is 0.326 e. The SMILES string of the molecule is CN(Cc1ncn[nH]1)C(=O)Nc1cccc(CN)c1. The number of carbonyl (C=O) groups excluding carboxylic acids is 1. The summed E-state index contributed by atoms with van der Waals surface area (Å²) in [6, 6.07) is 7.22. The Kier molecular flexibility index (Phi) is 4.09. The third-order valence-corrected chi connectivity index (χ3v) is 2.61. The summed E-state index contributed by atoms with van der Waals surface area (Å²) in [6.45, 7) is 0.806. The first-order valence-corrected chi connectivity index (χ1v) is 5.84. The lowest BCUT2D eigenvalue weighted by Crippen LogP contribution is -2.31. The van der Waals surface area contributed by atoms with E-state index in [1.807, 2.05) is 24.3 Å². The molecule has 19 heavy (non-hydrogen) atoms. The van der Waals surface area contributed by atoms with Gasteiger partial charge in [0.1, 0.15) is 12.2 Å². The van der Waals surface area contributed by atoms with Crippen molar-refractivity contribution in [1.29, 1.82) is 0 Å². The van der Waals surface area contributed by atoms with E-state index in [9.17, 15) is 4.79 Å². The van der Waals surface area contributed by atoms with E-state index in [1.165, 1.54) is 11.2 Å². The summed E-state index contributed by atoms with van der Waals surface area (Å²) in [5.74, 6) is 0.633.